The third kappa shape index (κ3) is 3.22. The summed E-state index contributed by atoms with van der Waals surface area (Å²) in [5.74, 6) is 0.303. The van der Waals surface area contributed by atoms with E-state index in [0.717, 1.165) is 24.8 Å². The molecule has 1 N–H and O–H groups in total. The average Bonchev–Trinajstić information content (AvgIpc) is 2.42. The van der Waals surface area contributed by atoms with Crippen LogP contribution < -0.4 is 5.56 Å². The van der Waals surface area contributed by atoms with Gasteiger partial charge in [-0.1, -0.05) is 50.1 Å². The Morgan fingerprint density at radius 1 is 1.21 bits per heavy atom. The van der Waals surface area contributed by atoms with Gasteiger partial charge in [-0.3, -0.25) is 9.36 Å². The maximum atomic E-state index is 12.0. The zero-order chi connectivity index (χ0) is 13.7. The molecule has 0 fully saturated rings. The fraction of sp³-hybridized carbons (Fsp3) is 0.333. The fourth-order valence-corrected chi connectivity index (χ4v) is 2.04. The number of unbranched alkanes of at least 4 members (excludes halogenated alkanes) is 2. The Morgan fingerprint density at radius 2 is 1.95 bits per heavy atom. The third-order valence-electron chi connectivity index (χ3n) is 3.01. The van der Waals surface area contributed by atoms with Crippen LogP contribution in [-0.2, 0) is 6.54 Å². The highest BCUT2D eigenvalue weighted by Crippen LogP contribution is 2.17. The van der Waals surface area contributed by atoms with Crippen molar-refractivity contribution in [1.82, 2.24) is 9.55 Å². The number of hydrogen-bond donors (Lipinski definition) is 1. The quantitative estimate of drug-likeness (QED) is 0.839. The lowest BCUT2D eigenvalue weighted by Crippen LogP contribution is -2.22. The fourth-order valence-electron chi connectivity index (χ4n) is 2.04. The van der Waals surface area contributed by atoms with E-state index in [9.17, 15) is 9.90 Å². The van der Waals surface area contributed by atoms with Crippen LogP contribution in [0.3, 0.4) is 0 Å². The molecule has 1 aromatic heterocycles. The van der Waals surface area contributed by atoms with Crippen molar-refractivity contribution in [3.8, 4) is 17.3 Å². The van der Waals surface area contributed by atoms with Crippen molar-refractivity contribution in [2.45, 2.75) is 32.7 Å². The van der Waals surface area contributed by atoms with E-state index in [1.807, 2.05) is 30.3 Å². The molecule has 0 atom stereocenters. The van der Waals surface area contributed by atoms with Crippen LogP contribution in [0.25, 0.3) is 11.4 Å². The average molecular weight is 258 g/mol. The summed E-state index contributed by atoms with van der Waals surface area (Å²) in [5, 5.41) is 9.53. The molecule has 1 heterocycles. The minimum Gasteiger partial charge on any atom is -0.493 e. The van der Waals surface area contributed by atoms with Crippen LogP contribution in [0.2, 0.25) is 0 Å². The van der Waals surface area contributed by atoms with Crippen LogP contribution in [-0.4, -0.2) is 14.7 Å². The number of hydrogen-bond acceptors (Lipinski definition) is 3. The first kappa shape index (κ1) is 13.3. The molecule has 1 aromatic carbocycles. The van der Waals surface area contributed by atoms with Crippen molar-refractivity contribution in [2.24, 2.45) is 0 Å². The molecule has 0 bridgehead atoms. The Bertz CT molecular complexity index is 591. The highest BCUT2D eigenvalue weighted by atomic mass is 16.3. The first-order chi connectivity index (χ1) is 9.22. The molecule has 0 aliphatic rings. The summed E-state index contributed by atoms with van der Waals surface area (Å²) in [4.78, 5) is 16.1. The van der Waals surface area contributed by atoms with E-state index in [4.69, 9.17) is 0 Å². The van der Waals surface area contributed by atoms with Crippen molar-refractivity contribution in [3.05, 3.63) is 46.8 Å². The van der Waals surface area contributed by atoms with Gasteiger partial charge in [0.2, 0.25) is 5.88 Å². The minimum absolute atomic E-state index is 0.206. The van der Waals surface area contributed by atoms with Gasteiger partial charge in [0.25, 0.3) is 5.56 Å². The number of nitrogens with zero attached hydrogens (tertiary/aromatic N) is 2. The zero-order valence-electron chi connectivity index (χ0n) is 11.0. The van der Waals surface area contributed by atoms with E-state index in [-0.39, 0.29) is 11.4 Å². The standard InChI is InChI=1S/C15H18N2O2/c1-2-3-7-10-17-14(19)11-13(18)16-15(17)12-8-5-4-6-9-12/h4-6,8-9,11,18H,2-3,7,10H2,1H3. The molecule has 19 heavy (non-hydrogen) atoms. The summed E-state index contributed by atoms with van der Waals surface area (Å²) in [6, 6.07) is 10.6. The zero-order valence-corrected chi connectivity index (χ0v) is 11.0. The SMILES string of the molecule is CCCCCn1c(-c2ccccc2)nc(O)cc1=O. The Kier molecular flexibility index (Phi) is 4.34. The smallest absolute Gasteiger partial charge is 0.257 e. The maximum absolute atomic E-state index is 12.0. The van der Waals surface area contributed by atoms with E-state index in [1.165, 1.54) is 6.07 Å². The predicted molar refractivity (Wildman–Crippen MR) is 75.1 cm³/mol. The molecule has 0 saturated carbocycles. The molecule has 100 valence electrons. The molecule has 0 saturated heterocycles. The van der Waals surface area contributed by atoms with Crippen molar-refractivity contribution in [1.29, 1.82) is 0 Å². The van der Waals surface area contributed by atoms with Gasteiger partial charge in [-0.25, -0.2) is 0 Å². The molecule has 4 nitrogen and oxygen atoms in total. The molecule has 0 radical (unpaired) electrons. The summed E-state index contributed by atoms with van der Waals surface area (Å²) in [6.07, 6.45) is 3.10. The van der Waals surface area contributed by atoms with Gasteiger partial charge in [0, 0.05) is 12.1 Å². The highest BCUT2D eigenvalue weighted by Gasteiger charge is 2.09. The van der Waals surface area contributed by atoms with Gasteiger partial charge >= 0.3 is 0 Å². The first-order valence-corrected chi connectivity index (χ1v) is 6.58. The van der Waals surface area contributed by atoms with Crippen molar-refractivity contribution in [3.63, 3.8) is 0 Å². The molecule has 4 heteroatoms. The summed E-state index contributed by atoms with van der Waals surface area (Å²) < 4.78 is 1.63. The number of aromatic hydroxyl groups is 1. The Labute approximate surface area is 112 Å². The monoisotopic (exact) mass is 258 g/mol. The molecule has 0 aliphatic carbocycles. The molecule has 2 aromatic rings. The van der Waals surface area contributed by atoms with Gasteiger partial charge in [0.05, 0.1) is 6.07 Å². The Morgan fingerprint density at radius 3 is 2.63 bits per heavy atom. The van der Waals surface area contributed by atoms with E-state index < -0.39 is 0 Å². The van der Waals surface area contributed by atoms with Crippen molar-refractivity contribution >= 4 is 0 Å². The second-order valence-electron chi connectivity index (χ2n) is 4.50. The lowest BCUT2D eigenvalue weighted by Gasteiger charge is -2.11. The summed E-state index contributed by atoms with van der Waals surface area (Å²) in [6.45, 7) is 2.75. The molecular formula is C15H18N2O2. The second kappa shape index (κ2) is 6.18. The number of benzene rings is 1. The molecule has 0 unspecified atom stereocenters. The van der Waals surface area contributed by atoms with Gasteiger partial charge in [0.1, 0.15) is 5.82 Å². The van der Waals surface area contributed by atoms with Crippen LogP contribution >= 0.6 is 0 Å². The molecule has 0 spiro atoms. The highest BCUT2D eigenvalue weighted by molar-refractivity contribution is 5.55. The van der Waals surface area contributed by atoms with Crippen LogP contribution in [0.4, 0.5) is 0 Å². The van der Waals surface area contributed by atoms with Crippen molar-refractivity contribution < 1.29 is 5.11 Å². The molecular weight excluding hydrogens is 240 g/mol. The molecule has 0 aliphatic heterocycles. The van der Waals surface area contributed by atoms with E-state index in [1.54, 1.807) is 4.57 Å². The summed E-state index contributed by atoms with van der Waals surface area (Å²) in [7, 11) is 0. The van der Waals surface area contributed by atoms with E-state index in [0.29, 0.717) is 12.4 Å². The number of rotatable bonds is 5. The lowest BCUT2D eigenvalue weighted by molar-refractivity contribution is 0.446. The van der Waals surface area contributed by atoms with E-state index >= 15 is 0 Å². The van der Waals surface area contributed by atoms with Crippen LogP contribution in [0.15, 0.2) is 41.2 Å². The van der Waals surface area contributed by atoms with Crippen molar-refractivity contribution in [2.75, 3.05) is 0 Å². The largest absolute Gasteiger partial charge is 0.493 e. The first-order valence-electron chi connectivity index (χ1n) is 6.58. The van der Waals surface area contributed by atoms with Crippen LogP contribution in [0, 0.1) is 0 Å². The van der Waals surface area contributed by atoms with Crippen LogP contribution in [0.1, 0.15) is 26.2 Å². The van der Waals surface area contributed by atoms with Crippen LogP contribution in [0.5, 0.6) is 5.88 Å². The number of aromatic nitrogens is 2. The minimum atomic E-state index is -0.226. The van der Waals surface area contributed by atoms with Gasteiger partial charge < -0.3 is 5.11 Å². The topological polar surface area (TPSA) is 55.1 Å². The molecule has 2 rings (SSSR count). The normalized spacial score (nSPS) is 10.6. The second-order valence-corrected chi connectivity index (χ2v) is 4.50. The predicted octanol–water partition coefficient (Wildman–Crippen LogP) is 2.81. The third-order valence-corrected chi connectivity index (χ3v) is 3.01. The van der Waals surface area contributed by atoms with Gasteiger partial charge in [0.15, 0.2) is 0 Å². The summed E-state index contributed by atoms with van der Waals surface area (Å²) in [5.41, 5.74) is 0.634. The van der Waals surface area contributed by atoms with Gasteiger partial charge in [-0.2, -0.15) is 4.98 Å². The Balaban J connectivity index is 2.43. The van der Waals surface area contributed by atoms with Gasteiger partial charge in [-0.15, -0.1) is 0 Å². The summed E-state index contributed by atoms with van der Waals surface area (Å²) >= 11 is 0. The Hall–Kier alpha value is -2.10. The lowest BCUT2D eigenvalue weighted by atomic mass is 10.2. The maximum Gasteiger partial charge on any atom is 0.257 e. The van der Waals surface area contributed by atoms with E-state index in [2.05, 4.69) is 11.9 Å². The molecule has 0 amide bonds. The van der Waals surface area contributed by atoms with Gasteiger partial charge in [-0.05, 0) is 6.42 Å².